The number of hydrogen-bond acceptors (Lipinski definition) is 2. The Hall–Kier alpha value is -0.570. The minimum atomic E-state index is -0.00389. The Kier molecular flexibility index (Phi) is 3.84. The van der Waals surface area contributed by atoms with Gasteiger partial charge in [-0.15, -0.1) is 0 Å². The number of piperidine rings is 1. The van der Waals surface area contributed by atoms with Crippen molar-refractivity contribution in [2.45, 2.75) is 65.3 Å². The molecule has 0 aromatic heterocycles. The molecular formula is C18H32N2O. The van der Waals surface area contributed by atoms with Gasteiger partial charge in [-0.3, -0.25) is 9.69 Å². The van der Waals surface area contributed by atoms with E-state index in [9.17, 15) is 4.79 Å². The highest BCUT2D eigenvalue weighted by molar-refractivity contribution is 5.79. The number of fused-ring (bicyclic) bond motifs is 2. The molecule has 0 radical (unpaired) electrons. The van der Waals surface area contributed by atoms with E-state index in [4.69, 9.17) is 0 Å². The third-order valence-electron chi connectivity index (χ3n) is 7.25. The summed E-state index contributed by atoms with van der Waals surface area (Å²) >= 11 is 0. The molecule has 3 heteroatoms. The summed E-state index contributed by atoms with van der Waals surface area (Å²) in [5.74, 6) is 2.55. The van der Waals surface area contributed by atoms with E-state index >= 15 is 0 Å². The lowest BCUT2D eigenvalue weighted by Crippen LogP contribution is -2.60. The monoisotopic (exact) mass is 292 g/mol. The molecule has 2 bridgehead atoms. The first-order valence-corrected chi connectivity index (χ1v) is 8.86. The van der Waals surface area contributed by atoms with E-state index in [0.29, 0.717) is 12.5 Å². The molecule has 1 N–H and O–H groups in total. The van der Waals surface area contributed by atoms with E-state index in [1.54, 1.807) is 0 Å². The molecule has 3 aliphatic rings. The number of nitrogens with zero attached hydrogens (tertiary/aromatic N) is 1. The van der Waals surface area contributed by atoms with Crippen molar-refractivity contribution in [3.8, 4) is 0 Å². The zero-order valence-corrected chi connectivity index (χ0v) is 14.2. The number of carbonyl (C=O) groups is 1. The summed E-state index contributed by atoms with van der Waals surface area (Å²) in [5, 5.41) is 3.45. The fraction of sp³-hybridized carbons (Fsp3) is 0.944. The maximum absolute atomic E-state index is 12.6. The first-order chi connectivity index (χ1) is 9.83. The largest absolute Gasteiger partial charge is 0.349 e. The second-order valence-corrected chi connectivity index (χ2v) is 8.64. The molecule has 2 saturated carbocycles. The summed E-state index contributed by atoms with van der Waals surface area (Å²) in [4.78, 5) is 14.9. The highest BCUT2D eigenvalue weighted by atomic mass is 16.2. The van der Waals surface area contributed by atoms with E-state index in [1.165, 1.54) is 32.1 Å². The summed E-state index contributed by atoms with van der Waals surface area (Å²) < 4.78 is 0. The van der Waals surface area contributed by atoms with Crippen LogP contribution in [-0.4, -0.2) is 36.0 Å². The van der Waals surface area contributed by atoms with Gasteiger partial charge in [0.15, 0.2) is 0 Å². The van der Waals surface area contributed by atoms with Crippen molar-refractivity contribution in [1.82, 2.24) is 10.2 Å². The molecule has 3 unspecified atom stereocenters. The number of amides is 1. The van der Waals surface area contributed by atoms with Crippen LogP contribution in [0, 0.1) is 23.2 Å². The van der Waals surface area contributed by atoms with Gasteiger partial charge in [-0.25, -0.2) is 0 Å². The topological polar surface area (TPSA) is 32.3 Å². The van der Waals surface area contributed by atoms with Crippen molar-refractivity contribution in [2.24, 2.45) is 23.2 Å². The van der Waals surface area contributed by atoms with Gasteiger partial charge < -0.3 is 5.32 Å². The van der Waals surface area contributed by atoms with E-state index in [0.717, 1.165) is 24.9 Å². The molecule has 1 aliphatic heterocycles. The van der Waals surface area contributed by atoms with Crippen LogP contribution in [0.25, 0.3) is 0 Å². The summed E-state index contributed by atoms with van der Waals surface area (Å²) in [7, 11) is 0. The molecule has 3 nitrogen and oxygen atoms in total. The number of likely N-dealkylation sites (tertiary alicyclic amines) is 1. The van der Waals surface area contributed by atoms with Crippen LogP contribution < -0.4 is 5.32 Å². The Labute approximate surface area is 129 Å². The fourth-order valence-electron chi connectivity index (χ4n) is 5.13. The van der Waals surface area contributed by atoms with Crippen molar-refractivity contribution in [1.29, 1.82) is 0 Å². The summed E-state index contributed by atoms with van der Waals surface area (Å²) in [6.45, 7) is 12.1. The van der Waals surface area contributed by atoms with Gasteiger partial charge in [0.25, 0.3) is 0 Å². The van der Waals surface area contributed by atoms with E-state index < -0.39 is 0 Å². The van der Waals surface area contributed by atoms with Crippen molar-refractivity contribution in [2.75, 3.05) is 19.6 Å². The van der Waals surface area contributed by atoms with Crippen molar-refractivity contribution in [3.05, 3.63) is 0 Å². The van der Waals surface area contributed by atoms with E-state index in [-0.39, 0.29) is 16.9 Å². The summed E-state index contributed by atoms with van der Waals surface area (Å²) in [6, 6.07) is 0. The van der Waals surface area contributed by atoms with Gasteiger partial charge in [0.05, 0.1) is 6.54 Å². The predicted octanol–water partition coefficient (Wildman–Crippen LogP) is 3.05. The lowest BCUT2D eigenvalue weighted by molar-refractivity contribution is -0.127. The number of carbonyl (C=O) groups excluding carboxylic acids is 1. The zero-order chi connectivity index (χ0) is 15.3. The third kappa shape index (κ3) is 2.52. The molecule has 1 heterocycles. The number of hydrogen-bond donors (Lipinski definition) is 1. The van der Waals surface area contributed by atoms with Gasteiger partial charge in [-0.05, 0) is 75.3 Å². The fourth-order valence-corrected chi connectivity index (χ4v) is 5.13. The van der Waals surface area contributed by atoms with Gasteiger partial charge in [0, 0.05) is 5.54 Å². The standard InChI is InChI=1S/C18H32N2O/c1-13-7-9-20(10-8-13)12-16(21)19-18(4)15-6-5-14(11-15)17(18,2)3/h13-15H,5-12H2,1-4H3,(H,19,21). The van der Waals surface area contributed by atoms with Gasteiger partial charge in [-0.2, -0.15) is 0 Å². The maximum atomic E-state index is 12.6. The Morgan fingerprint density at radius 3 is 2.29 bits per heavy atom. The minimum Gasteiger partial charge on any atom is -0.349 e. The van der Waals surface area contributed by atoms with E-state index in [2.05, 4.69) is 37.9 Å². The molecule has 3 fully saturated rings. The number of rotatable bonds is 3. The normalized spacial score (nSPS) is 39.6. The van der Waals surface area contributed by atoms with Crippen LogP contribution in [0.2, 0.25) is 0 Å². The Bertz CT molecular complexity index is 411. The smallest absolute Gasteiger partial charge is 0.234 e. The van der Waals surface area contributed by atoms with Crippen LogP contribution in [0.4, 0.5) is 0 Å². The average molecular weight is 292 g/mol. The average Bonchev–Trinajstić information content (AvgIpc) is 2.96. The quantitative estimate of drug-likeness (QED) is 0.867. The van der Waals surface area contributed by atoms with Crippen LogP contribution in [0.5, 0.6) is 0 Å². The molecule has 1 saturated heterocycles. The van der Waals surface area contributed by atoms with Crippen molar-refractivity contribution in [3.63, 3.8) is 0 Å². The first kappa shape index (κ1) is 15.3. The van der Waals surface area contributed by atoms with Gasteiger partial charge >= 0.3 is 0 Å². The van der Waals surface area contributed by atoms with Crippen LogP contribution in [0.3, 0.4) is 0 Å². The molecular weight excluding hydrogens is 260 g/mol. The molecule has 3 atom stereocenters. The van der Waals surface area contributed by atoms with Gasteiger partial charge in [0.1, 0.15) is 0 Å². The molecule has 120 valence electrons. The van der Waals surface area contributed by atoms with Gasteiger partial charge in [0.2, 0.25) is 5.91 Å². The third-order valence-corrected chi connectivity index (χ3v) is 7.25. The minimum absolute atomic E-state index is 0.00389. The molecule has 1 amide bonds. The highest BCUT2D eigenvalue weighted by Crippen LogP contribution is 2.61. The molecule has 0 spiro atoms. The van der Waals surface area contributed by atoms with Crippen LogP contribution >= 0.6 is 0 Å². The highest BCUT2D eigenvalue weighted by Gasteiger charge is 2.60. The Balaban J connectivity index is 1.59. The maximum Gasteiger partial charge on any atom is 0.234 e. The number of nitrogens with one attached hydrogen (secondary N) is 1. The van der Waals surface area contributed by atoms with Gasteiger partial charge in [-0.1, -0.05) is 20.8 Å². The van der Waals surface area contributed by atoms with Crippen LogP contribution in [0.1, 0.15) is 59.8 Å². The van der Waals surface area contributed by atoms with Crippen molar-refractivity contribution < 1.29 is 4.79 Å². The molecule has 2 aliphatic carbocycles. The second-order valence-electron chi connectivity index (χ2n) is 8.64. The molecule has 21 heavy (non-hydrogen) atoms. The lowest BCUT2D eigenvalue weighted by atomic mass is 9.64. The van der Waals surface area contributed by atoms with Crippen LogP contribution in [0.15, 0.2) is 0 Å². The SMILES string of the molecule is CC1CCN(CC(=O)NC2(C)C3CCC(C3)C2(C)C)CC1. The second kappa shape index (κ2) is 5.26. The molecule has 0 aromatic rings. The van der Waals surface area contributed by atoms with Crippen molar-refractivity contribution >= 4 is 5.91 Å². The molecule has 3 rings (SSSR count). The summed E-state index contributed by atoms with van der Waals surface area (Å²) in [5.41, 5.74) is 0.234. The van der Waals surface area contributed by atoms with E-state index in [1.807, 2.05) is 0 Å². The Morgan fingerprint density at radius 2 is 1.71 bits per heavy atom. The van der Waals surface area contributed by atoms with Crippen LogP contribution in [-0.2, 0) is 4.79 Å². The first-order valence-electron chi connectivity index (χ1n) is 8.86. The predicted molar refractivity (Wildman–Crippen MR) is 86.0 cm³/mol. The Morgan fingerprint density at radius 1 is 1.10 bits per heavy atom. The zero-order valence-electron chi connectivity index (χ0n) is 14.2. The summed E-state index contributed by atoms with van der Waals surface area (Å²) in [6.07, 6.45) is 6.44. The molecule has 0 aromatic carbocycles. The lowest BCUT2D eigenvalue weighted by Gasteiger charge is -2.48.